The van der Waals surface area contributed by atoms with E-state index in [9.17, 15) is 14.9 Å². The van der Waals surface area contributed by atoms with Crippen LogP contribution in [0.5, 0.6) is 0 Å². The quantitative estimate of drug-likeness (QED) is 0.563. The lowest BCUT2D eigenvalue weighted by molar-refractivity contribution is -0.148. The van der Waals surface area contributed by atoms with Gasteiger partial charge in [-0.25, -0.2) is 4.98 Å². The van der Waals surface area contributed by atoms with Gasteiger partial charge in [-0.1, -0.05) is 6.58 Å². The van der Waals surface area contributed by atoms with Crippen LogP contribution >= 0.6 is 0 Å². The standard InChI is InChI=1S/C28H30N6O2/c1-2-22-13-20(7-9-30-22)23-14-21(15-29)28(31-27(23)19-5-6-19)33-11-12-34(24(16-33)18-3-4-18)26(36)17-32-10-8-25(32)35/h2,7,9,13-14,18-19,24H,1,3-6,8,10-12,16-17H2. The fourth-order valence-electron chi connectivity index (χ4n) is 5.45. The molecule has 8 nitrogen and oxygen atoms in total. The van der Waals surface area contributed by atoms with Gasteiger partial charge in [0.25, 0.3) is 0 Å². The van der Waals surface area contributed by atoms with Crippen LogP contribution in [0, 0.1) is 17.2 Å². The van der Waals surface area contributed by atoms with Gasteiger partial charge in [0.2, 0.25) is 11.8 Å². The predicted octanol–water partition coefficient (Wildman–Crippen LogP) is 3.20. The van der Waals surface area contributed by atoms with Crippen LogP contribution < -0.4 is 4.90 Å². The Morgan fingerprint density at radius 2 is 2.03 bits per heavy atom. The lowest BCUT2D eigenvalue weighted by Gasteiger charge is -2.43. The third kappa shape index (κ3) is 4.23. The highest BCUT2D eigenvalue weighted by Crippen LogP contribution is 2.45. The van der Waals surface area contributed by atoms with E-state index in [4.69, 9.17) is 4.98 Å². The molecule has 2 aliphatic carbocycles. The average Bonchev–Trinajstić information content (AvgIpc) is 3.83. The molecule has 2 aliphatic heterocycles. The number of aromatic nitrogens is 2. The van der Waals surface area contributed by atoms with Gasteiger partial charge in [-0.3, -0.25) is 14.6 Å². The minimum absolute atomic E-state index is 0.0396. The second-order valence-corrected chi connectivity index (χ2v) is 10.4. The van der Waals surface area contributed by atoms with Crippen LogP contribution in [-0.2, 0) is 9.59 Å². The Labute approximate surface area is 211 Å². The van der Waals surface area contributed by atoms with Crippen molar-refractivity contribution in [1.29, 1.82) is 5.26 Å². The summed E-state index contributed by atoms with van der Waals surface area (Å²) in [5.41, 5.74) is 4.40. The van der Waals surface area contributed by atoms with E-state index in [-0.39, 0.29) is 24.4 Å². The number of rotatable bonds is 7. The maximum absolute atomic E-state index is 13.1. The van der Waals surface area contributed by atoms with Crippen molar-refractivity contribution in [3.05, 3.63) is 47.9 Å². The highest BCUT2D eigenvalue weighted by Gasteiger charge is 2.42. The highest BCUT2D eigenvalue weighted by atomic mass is 16.2. The van der Waals surface area contributed by atoms with Crippen LogP contribution in [-0.4, -0.2) is 70.3 Å². The van der Waals surface area contributed by atoms with Gasteiger partial charge in [0.15, 0.2) is 0 Å². The second-order valence-electron chi connectivity index (χ2n) is 10.4. The number of anilines is 1. The zero-order chi connectivity index (χ0) is 24.8. The molecule has 4 heterocycles. The molecule has 2 aromatic rings. The minimum Gasteiger partial charge on any atom is -0.352 e. The molecule has 2 saturated heterocycles. The topological polar surface area (TPSA) is 93.4 Å². The Kier molecular flexibility index (Phi) is 5.71. The van der Waals surface area contributed by atoms with Gasteiger partial charge in [0.1, 0.15) is 11.9 Å². The van der Waals surface area contributed by atoms with Crippen LogP contribution in [0.2, 0.25) is 0 Å². The van der Waals surface area contributed by atoms with E-state index < -0.39 is 0 Å². The Morgan fingerprint density at radius 3 is 2.67 bits per heavy atom. The Morgan fingerprint density at radius 1 is 1.19 bits per heavy atom. The largest absolute Gasteiger partial charge is 0.352 e. The highest BCUT2D eigenvalue weighted by molar-refractivity contribution is 5.88. The molecule has 4 aliphatic rings. The number of amides is 2. The number of carbonyl (C=O) groups excluding carboxylic acids is 2. The lowest BCUT2D eigenvalue weighted by atomic mass is 9.98. The van der Waals surface area contributed by atoms with Crippen molar-refractivity contribution in [3.8, 4) is 17.2 Å². The first kappa shape index (κ1) is 22.7. The predicted molar refractivity (Wildman–Crippen MR) is 136 cm³/mol. The summed E-state index contributed by atoms with van der Waals surface area (Å²) in [6.07, 6.45) is 8.48. The molecule has 0 radical (unpaired) electrons. The van der Waals surface area contributed by atoms with Gasteiger partial charge in [0, 0.05) is 50.3 Å². The number of hydrogen-bond donors (Lipinski definition) is 0. The number of β-lactam (4-membered cyclic amide) rings is 1. The molecule has 2 amide bonds. The number of nitriles is 1. The summed E-state index contributed by atoms with van der Waals surface area (Å²) in [6, 6.07) is 8.43. The zero-order valence-electron chi connectivity index (χ0n) is 20.4. The van der Waals surface area contributed by atoms with Crippen molar-refractivity contribution in [2.45, 2.75) is 44.1 Å². The first-order valence-electron chi connectivity index (χ1n) is 12.9. The van der Waals surface area contributed by atoms with Gasteiger partial charge in [0.05, 0.1) is 29.5 Å². The van der Waals surface area contributed by atoms with Crippen LogP contribution in [0.4, 0.5) is 5.82 Å². The molecule has 184 valence electrons. The second kappa shape index (κ2) is 9.05. The van der Waals surface area contributed by atoms with Crippen molar-refractivity contribution in [2.75, 3.05) is 37.6 Å². The minimum atomic E-state index is 0.0396. The van der Waals surface area contributed by atoms with Crippen LogP contribution in [0.25, 0.3) is 17.2 Å². The van der Waals surface area contributed by atoms with E-state index in [1.165, 1.54) is 0 Å². The molecule has 36 heavy (non-hydrogen) atoms. The van der Waals surface area contributed by atoms with Crippen molar-refractivity contribution in [3.63, 3.8) is 0 Å². The molecule has 0 spiro atoms. The van der Waals surface area contributed by atoms with Gasteiger partial charge in [-0.2, -0.15) is 5.26 Å². The summed E-state index contributed by atoms with van der Waals surface area (Å²) in [7, 11) is 0. The van der Waals surface area contributed by atoms with Crippen molar-refractivity contribution < 1.29 is 9.59 Å². The van der Waals surface area contributed by atoms with Crippen LogP contribution in [0.1, 0.15) is 55.0 Å². The first-order valence-corrected chi connectivity index (χ1v) is 12.9. The van der Waals surface area contributed by atoms with Gasteiger partial charge < -0.3 is 14.7 Å². The zero-order valence-corrected chi connectivity index (χ0v) is 20.4. The fourth-order valence-corrected chi connectivity index (χ4v) is 5.45. The van der Waals surface area contributed by atoms with Gasteiger partial charge >= 0.3 is 0 Å². The maximum Gasteiger partial charge on any atom is 0.242 e. The molecular formula is C28H30N6O2. The summed E-state index contributed by atoms with van der Waals surface area (Å²) in [5, 5.41) is 10.1. The molecule has 0 aromatic carbocycles. The van der Waals surface area contributed by atoms with Crippen molar-refractivity contribution >= 4 is 23.7 Å². The number of carbonyl (C=O) groups is 2. The van der Waals surface area contributed by atoms with E-state index >= 15 is 0 Å². The van der Waals surface area contributed by atoms with Crippen LogP contribution in [0.15, 0.2) is 31.0 Å². The summed E-state index contributed by atoms with van der Waals surface area (Å²) in [5.74, 6) is 1.72. The maximum atomic E-state index is 13.1. The van der Waals surface area contributed by atoms with E-state index in [0.717, 1.165) is 54.0 Å². The third-order valence-electron chi connectivity index (χ3n) is 7.90. The molecule has 1 atom stereocenters. The number of nitrogens with zero attached hydrogens (tertiary/aromatic N) is 6. The SMILES string of the molecule is C=Cc1cc(-c2cc(C#N)c(N3CCN(C(=O)CN4CCC4=O)C(C4CC4)C3)nc2C2CC2)ccn1. The molecule has 6 rings (SSSR count). The normalized spacial score (nSPS) is 21.7. The lowest BCUT2D eigenvalue weighted by Crippen LogP contribution is -2.59. The van der Waals surface area contributed by atoms with E-state index in [2.05, 4.69) is 22.5 Å². The van der Waals surface area contributed by atoms with Crippen molar-refractivity contribution in [2.24, 2.45) is 5.92 Å². The molecule has 2 saturated carbocycles. The van der Waals surface area contributed by atoms with E-state index in [1.807, 2.05) is 23.1 Å². The molecule has 1 unspecified atom stereocenters. The number of hydrogen-bond acceptors (Lipinski definition) is 6. The molecule has 0 bridgehead atoms. The van der Waals surface area contributed by atoms with Gasteiger partial charge in [-0.05, 0) is 61.4 Å². The molecule has 4 fully saturated rings. The summed E-state index contributed by atoms with van der Waals surface area (Å²) >= 11 is 0. The van der Waals surface area contributed by atoms with E-state index in [1.54, 1.807) is 17.2 Å². The average molecular weight is 483 g/mol. The third-order valence-corrected chi connectivity index (χ3v) is 7.90. The van der Waals surface area contributed by atoms with E-state index in [0.29, 0.717) is 50.0 Å². The monoisotopic (exact) mass is 482 g/mol. The Hall–Kier alpha value is -3.73. The van der Waals surface area contributed by atoms with Gasteiger partial charge in [-0.15, -0.1) is 0 Å². The molecule has 0 N–H and O–H groups in total. The summed E-state index contributed by atoms with van der Waals surface area (Å²) in [6.45, 7) is 6.58. The molecule has 8 heteroatoms. The number of pyridine rings is 2. The summed E-state index contributed by atoms with van der Waals surface area (Å²) < 4.78 is 0. The number of likely N-dealkylation sites (tertiary alicyclic amines) is 1. The molecular weight excluding hydrogens is 452 g/mol. The smallest absolute Gasteiger partial charge is 0.242 e. The Bertz CT molecular complexity index is 1280. The summed E-state index contributed by atoms with van der Waals surface area (Å²) in [4.78, 5) is 40.1. The van der Waals surface area contributed by atoms with Crippen LogP contribution in [0.3, 0.4) is 0 Å². The van der Waals surface area contributed by atoms with Crippen molar-refractivity contribution in [1.82, 2.24) is 19.8 Å². The first-order chi connectivity index (χ1) is 17.6. The number of piperazine rings is 1. The molecule has 2 aromatic heterocycles. The Balaban J connectivity index is 1.29. The fraction of sp³-hybridized carbons (Fsp3) is 0.464.